The number of nitrogens with one attached hydrogen (secondary N) is 1. The van der Waals surface area contributed by atoms with E-state index in [-0.39, 0.29) is 23.5 Å². The number of nitrogens with two attached hydrogens (primary N) is 1. The molecule has 0 radical (unpaired) electrons. The molecule has 0 aliphatic carbocycles. The van der Waals surface area contributed by atoms with Gasteiger partial charge in [-0.05, 0) is 6.07 Å². The molecule has 1 amide bonds. The number of benzene rings is 1. The van der Waals surface area contributed by atoms with E-state index in [2.05, 4.69) is 10.3 Å². The largest absolute Gasteiger partial charge is 0.398 e. The maximum atomic E-state index is 11.9. The van der Waals surface area contributed by atoms with E-state index in [1.165, 1.54) is 23.5 Å². The summed E-state index contributed by atoms with van der Waals surface area (Å²) in [6.07, 6.45) is 1.63. The molecule has 98 valence electrons. The van der Waals surface area contributed by atoms with Crippen molar-refractivity contribution in [3.05, 3.63) is 50.5 Å². The summed E-state index contributed by atoms with van der Waals surface area (Å²) in [5.74, 6) is -0.462. The fourth-order valence-corrected chi connectivity index (χ4v) is 2.00. The van der Waals surface area contributed by atoms with E-state index in [4.69, 9.17) is 5.73 Å². The average molecular weight is 278 g/mol. The van der Waals surface area contributed by atoms with Crippen LogP contribution in [0, 0.1) is 10.1 Å². The molecule has 0 atom stereocenters. The molecule has 2 rings (SSSR count). The third-order valence-electron chi connectivity index (χ3n) is 2.38. The lowest BCUT2D eigenvalue weighted by Gasteiger charge is -2.06. The lowest BCUT2D eigenvalue weighted by atomic mass is 10.1. The van der Waals surface area contributed by atoms with Gasteiger partial charge in [-0.1, -0.05) is 0 Å². The normalized spacial score (nSPS) is 10.1. The fourth-order valence-electron chi connectivity index (χ4n) is 1.45. The van der Waals surface area contributed by atoms with Crippen LogP contribution in [-0.2, 0) is 6.54 Å². The van der Waals surface area contributed by atoms with Crippen molar-refractivity contribution in [1.82, 2.24) is 10.3 Å². The SMILES string of the molecule is Nc1ccc([N+](=O)[O-])cc1C(=O)NCc1nccs1. The quantitative estimate of drug-likeness (QED) is 0.501. The Bertz CT molecular complexity index is 612. The predicted octanol–water partition coefficient (Wildman–Crippen LogP) is 1.56. The Hall–Kier alpha value is -2.48. The van der Waals surface area contributed by atoms with E-state index >= 15 is 0 Å². The van der Waals surface area contributed by atoms with E-state index in [0.717, 1.165) is 11.1 Å². The van der Waals surface area contributed by atoms with Crippen LogP contribution in [0.4, 0.5) is 11.4 Å². The van der Waals surface area contributed by atoms with Crippen LogP contribution < -0.4 is 11.1 Å². The van der Waals surface area contributed by atoms with E-state index in [1.807, 2.05) is 0 Å². The highest BCUT2D eigenvalue weighted by atomic mass is 32.1. The zero-order valence-electron chi connectivity index (χ0n) is 9.70. The number of nitrogens with zero attached hydrogens (tertiary/aromatic N) is 2. The molecule has 1 aromatic heterocycles. The standard InChI is InChI=1S/C11H10N4O3S/c12-9-2-1-7(15(17)18)5-8(9)11(16)14-6-10-13-3-4-19-10/h1-5H,6,12H2,(H,14,16). The van der Waals surface area contributed by atoms with Crippen LogP contribution in [0.2, 0.25) is 0 Å². The minimum absolute atomic E-state index is 0.0887. The second-order valence-electron chi connectivity index (χ2n) is 3.64. The van der Waals surface area contributed by atoms with Crippen molar-refractivity contribution < 1.29 is 9.72 Å². The van der Waals surface area contributed by atoms with Crippen molar-refractivity contribution in [2.75, 3.05) is 5.73 Å². The van der Waals surface area contributed by atoms with Crippen LogP contribution in [-0.4, -0.2) is 15.8 Å². The molecule has 2 aromatic rings. The molecule has 0 saturated heterocycles. The highest BCUT2D eigenvalue weighted by Gasteiger charge is 2.15. The van der Waals surface area contributed by atoms with Gasteiger partial charge in [0.05, 0.1) is 17.0 Å². The summed E-state index contributed by atoms with van der Waals surface area (Å²) >= 11 is 1.41. The first-order chi connectivity index (χ1) is 9.08. The maximum Gasteiger partial charge on any atom is 0.270 e. The number of hydrogen-bond donors (Lipinski definition) is 2. The summed E-state index contributed by atoms with van der Waals surface area (Å²) in [5.41, 5.74) is 5.76. The van der Waals surface area contributed by atoms with Crippen molar-refractivity contribution in [3.8, 4) is 0 Å². The zero-order chi connectivity index (χ0) is 13.8. The number of carbonyl (C=O) groups excluding carboxylic acids is 1. The Balaban J connectivity index is 2.14. The molecule has 8 heteroatoms. The van der Waals surface area contributed by atoms with Gasteiger partial charge in [0.2, 0.25) is 0 Å². The lowest BCUT2D eigenvalue weighted by Crippen LogP contribution is -2.23. The minimum Gasteiger partial charge on any atom is -0.398 e. The molecule has 0 fully saturated rings. The monoisotopic (exact) mass is 278 g/mol. The van der Waals surface area contributed by atoms with Crippen LogP contribution in [0.5, 0.6) is 0 Å². The predicted molar refractivity (Wildman–Crippen MR) is 70.8 cm³/mol. The summed E-state index contributed by atoms with van der Waals surface area (Å²) < 4.78 is 0. The number of aromatic nitrogens is 1. The van der Waals surface area contributed by atoms with Crippen LogP contribution in [0.15, 0.2) is 29.8 Å². The smallest absolute Gasteiger partial charge is 0.270 e. The zero-order valence-corrected chi connectivity index (χ0v) is 10.5. The van der Waals surface area contributed by atoms with Gasteiger partial charge in [-0.15, -0.1) is 11.3 Å². The Kier molecular flexibility index (Phi) is 3.71. The molecule has 0 unspecified atom stereocenters. The number of non-ortho nitro benzene ring substituents is 1. The van der Waals surface area contributed by atoms with Gasteiger partial charge < -0.3 is 11.1 Å². The molecule has 0 aliphatic heterocycles. The second-order valence-corrected chi connectivity index (χ2v) is 4.62. The first kappa shape index (κ1) is 13.0. The number of amides is 1. The van der Waals surface area contributed by atoms with E-state index in [0.29, 0.717) is 0 Å². The molecule has 19 heavy (non-hydrogen) atoms. The highest BCUT2D eigenvalue weighted by Crippen LogP contribution is 2.19. The fraction of sp³-hybridized carbons (Fsp3) is 0.0909. The average Bonchev–Trinajstić information content (AvgIpc) is 2.89. The summed E-state index contributed by atoms with van der Waals surface area (Å²) in [6.45, 7) is 0.263. The lowest BCUT2D eigenvalue weighted by molar-refractivity contribution is -0.384. The molecular weight excluding hydrogens is 268 g/mol. The first-order valence-corrected chi connectivity index (χ1v) is 6.16. The number of rotatable bonds is 4. The first-order valence-electron chi connectivity index (χ1n) is 5.28. The molecule has 0 aliphatic rings. The molecule has 3 N–H and O–H groups in total. The van der Waals surface area contributed by atoms with Crippen LogP contribution in [0.25, 0.3) is 0 Å². The van der Waals surface area contributed by atoms with Gasteiger partial charge in [-0.25, -0.2) is 4.98 Å². The highest BCUT2D eigenvalue weighted by molar-refractivity contribution is 7.09. The van der Waals surface area contributed by atoms with E-state index in [9.17, 15) is 14.9 Å². The van der Waals surface area contributed by atoms with Gasteiger partial charge in [0.15, 0.2) is 0 Å². The Morgan fingerprint density at radius 1 is 1.53 bits per heavy atom. The van der Waals surface area contributed by atoms with Crippen LogP contribution in [0.1, 0.15) is 15.4 Å². The summed E-state index contributed by atoms with van der Waals surface area (Å²) in [4.78, 5) is 26.0. The van der Waals surface area contributed by atoms with Gasteiger partial charge in [-0.3, -0.25) is 14.9 Å². The summed E-state index contributed by atoms with van der Waals surface area (Å²) in [7, 11) is 0. The number of nitrogen functional groups attached to an aromatic ring is 1. The van der Waals surface area contributed by atoms with Gasteiger partial charge in [0.25, 0.3) is 11.6 Å². The molecule has 7 nitrogen and oxygen atoms in total. The summed E-state index contributed by atoms with van der Waals surface area (Å²) in [6, 6.07) is 3.76. The molecule has 0 bridgehead atoms. The Labute approximate surface area is 112 Å². The molecule has 1 aromatic carbocycles. The molecule has 0 spiro atoms. The third-order valence-corrected chi connectivity index (χ3v) is 3.16. The minimum atomic E-state index is -0.572. The Morgan fingerprint density at radius 2 is 2.32 bits per heavy atom. The maximum absolute atomic E-state index is 11.9. The van der Waals surface area contributed by atoms with Crippen molar-refractivity contribution in [2.24, 2.45) is 0 Å². The van der Waals surface area contributed by atoms with Crippen molar-refractivity contribution >= 4 is 28.6 Å². The van der Waals surface area contributed by atoms with Crippen molar-refractivity contribution in [2.45, 2.75) is 6.54 Å². The summed E-state index contributed by atoms with van der Waals surface area (Å²) in [5, 5.41) is 15.8. The number of carbonyl (C=O) groups is 1. The molecule has 0 saturated carbocycles. The van der Waals surface area contributed by atoms with Crippen LogP contribution >= 0.6 is 11.3 Å². The topological polar surface area (TPSA) is 111 Å². The number of thiazole rings is 1. The molecular formula is C11H10N4O3S. The van der Waals surface area contributed by atoms with Gasteiger partial charge in [-0.2, -0.15) is 0 Å². The van der Waals surface area contributed by atoms with Gasteiger partial charge >= 0.3 is 0 Å². The number of hydrogen-bond acceptors (Lipinski definition) is 6. The van der Waals surface area contributed by atoms with Crippen molar-refractivity contribution in [1.29, 1.82) is 0 Å². The van der Waals surface area contributed by atoms with Crippen LogP contribution in [0.3, 0.4) is 0 Å². The number of anilines is 1. The number of nitro benzene ring substituents is 1. The van der Waals surface area contributed by atoms with E-state index < -0.39 is 10.8 Å². The second kappa shape index (κ2) is 5.44. The third kappa shape index (κ3) is 3.05. The van der Waals surface area contributed by atoms with Gasteiger partial charge in [0.1, 0.15) is 5.01 Å². The van der Waals surface area contributed by atoms with Gasteiger partial charge in [0, 0.05) is 29.4 Å². The van der Waals surface area contributed by atoms with Crippen molar-refractivity contribution in [3.63, 3.8) is 0 Å². The molecule has 1 heterocycles. The number of nitro groups is 1. The van der Waals surface area contributed by atoms with E-state index in [1.54, 1.807) is 11.6 Å². The Morgan fingerprint density at radius 3 is 2.95 bits per heavy atom.